The Kier molecular flexibility index (Phi) is 6.87. The van der Waals surface area contributed by atoms with Crippen LogP contribution in [0.2, 0.25) is 0 Å². The van der Waals surface area contributed by atoms with Crippen molar-refractivity contribution in [2.45, 2.75) is 33.2 Å². The average Bonchev–Trinajstić information content (AvgIpc) is 2.38. The molecule has 0 spiro atoms. The summed E-state index contributed by atoms with van der Waals surface area (Å²) in [6, 6.07) is 7.72. The molecule has 1 aromatic rings. The smallest absolute Gasteiger partial charge is 0.319 e. The third-order valence-electron chi connectivity index (χ3n) is 2.65. The van der Waals surface area contributed by atoms with Crippen LogP contribution in [0, 0.1) is 0 Å². The quantitative estimate of drug-likeness (QED) is 0.651. The Morgan fingerprint density at radius 1 is 1.22 bits per heavy atom. The molecule has 0 bridgehead atoms. The molecule has 0 saturated carbocycles. The minimum Gasteiger partial charge on any atom is -0.338 e. The first kappa shape index (κ1) is 14.5. The Hall–Kier alpha value is -1.55. The van der Waals surface area contributed by atoms with Crippen molar-refractivity contribution in [2.75, 3.05) is 18.4 Å². The molecule has 18 heavy (non-hydrogen) atoms. The number of rotatable bonds is 7. The Morgan fingerprint density at radius 3 is 2.72 bits per heavy atom. The van der Waals surface area contributed by atoms with Crippen LogP contribution in [0.4, 0.5) is 10.5 Å². The van der Waals surface area contributed by atoms with E-state index in [1.54, 1.807) is 0 Å². The van der Waals surface area contributed by atoms with Crippen molar-refractivity contribution in [3.05, 3.63) is 29.8 Å². The van der Waals surface area contributed by atoms with Crippen LogP contribution in [-0.4, -0.2) is 19.1 Å². The second kappa shape index (κ2) is 8.53. The Bertz CT molecular complexity index is 366. The van der Waals surface area contributed by atoms with E-state index in [1.807, 2.05) is 24.3 Å². The van der Waals surface area contributed by atoms with Crippen LogP contribution in [-0.2, 0) is 6.54 Å². The van der Waals surface area contributed by atoms with Crippen molar-refractivity contribution in [3.8, 4) is 0 Å². The fourth-order valence-electron chi connectivity index (χ4n) is 1.60. The van der Waals surface area contributed by atoms with Gasteiger partial charge in [0.1, 0.15) is 0 Å². The first-order chi connectivity index (χ1) is 8.77. The molecule has 0 aromatic heterocycles. The maximum absolute atomic E-state index is 11.7. The Labute approximate surface area is 109 Å². The number of hydrogen-bond donors (Lipinski definition) is 3. The van der Waals surface area contributed by atoms with Crippen LogP contribution in [0.3, 0.4) is 0 Å². The lowest BCUT2D eigenvalue weighted by Crippen LogP contribution is -2.30. The van der Waals surface area contributed by atoms with Crippen LogP contribution < -0.4 is 16.0 Å². The van der Waals surface area contributed by atoms with E-state index in [2.05, 4.69) is 29.8 Å². The lowest BCUT2D eigenvalue weighted by Gasteiger charge is -2.12. The summed E-state index contributed by atoms with van der Waals surface area (Å²) in [5.41, 5.74) is 1.97. The average molecular weight is 249 g/mol. The summed E-state index contributed by atoms with van der Waals surface area (Å²) in [6.07, 6.45) is 2.09. The maximum Gasteiger partial charge on any atom is 0.319 e. The highest BCUT2D eigenvalue weighted by Gasteiger charge is 2.04. The molecule has 0 aliphatic rings. The van der Waals surface area contributed by atoms with Gasteiger partial charge < -0.3 is 16.0 Å². The number of urea groups is 1. The van der Waals surface area contributed by atoms with Gasteiger partial charge in [0.2, 0.25) is 0 Å². The predicted molar refractivity (Wildman–Crippen MR) is 75.8 cm³/mol. The summed E-state index contributed by atoms with van der Waals surface area (Å²) < 4.78 is 0. The van der Waals surface area contributed by atoms with Gasteiger partial charge in [-0.15, -0.1) is 0 Å². The Balaban J connectivity index is 2.51. The van der Waals surface area contributed by atoms with E-state index in [-0.39, 0.29) is 6.03 Å². The maximum atomic E-state index is 11.7. The zero-order valence-corrected chi connectivity index (χ0v) is 11.3. The van der Waals surface area contributed by atoms with Crippen LogP contribution in [0.1, 0.15) is 32.3 Å². The molecule has 1 aromatic carbocycles. The van der Waals surface area contributed by atoms with E-state index in [0.29, 0.717) is 0 Å². The molecule has 0 heterocycles. The zero-order valence-electron chi connectivity index (χ0n) is 11.3. The van der Waals surface area contributed by atoms with Crippen LogP contribution in [0.25, 0.3) is 0 Å². The highest BCUT2D eigenvalue weighted by Crippen LogP contribution is 2.14. The number of benzene rings is 1. The summed E-state index contributed by atoms with van der Waals surface area (Å²) >= 11 is 0. The molecule has 1 rings (SSSR count). The highest BCUT2D eigenvalue weighted by atomic mass is 16.2. The molecule has 0 atom stereocenters. The van der Waals surface area contributed by atoms with Gasteiger partial charge in [0.25, 0.3) is 0 Å². The van der Waals surface area contributed by atoms with E-state index in [0.717, 1.165) is 43.7 Å². The molecule has 100 valence electrons. The second-order valence-electron chi connectivity index (χ2n) is 4.17. The lowest BCUT2D eigenvalue weighted by atomic mass is 10.2. The molecule has 0 fully saturated rings. The number of carbonyl (C=O) groups excluding carboxylic acids is 1. The van der Waals surface area contributed by atoms with Gasteiger partial charge in [-0.05, 0) is 24.6 Å². The van der Waals surface area contributed by atoms with Crippen molar-refractivity contribution in [3.63, 3.8) is 0 Å². The first-order valence-electron chi connectivity index (χ1n) is 6.61. The summed E-state index contributed by atoms with van der Waals surface area (Å²) in [6.45, 7) is 6.56. The zero-order chi connectivity index (χ0) is 13.2. The van der Waals surface area contributed by atoms with Gasteiger partial charge >= 0.3 is 6.03 Å². The van der Waals surface area contributed by atoms with Crippen molar-refractivity contribution < 1.29 is 4.79 Å². The van der Waals surface area contributed by atoms with Gasteiger partial charge in [0.05, 0.1) is 0 Å². The van der Waals surface area contributed by atoms with Crippen LogP contribution in [0.15, 0.2) is 24.3 Å². The molecule has 0 unspecified atom stereocenters. The third-order valence-corrected chi connectivity index (χ3v) is 2.65. The van der Waals surface area contributed by atoms with Crippen molar-refractivity contribution in [1.82, 2.24) is 10.6 Å². The van der Waals surface area contributed by atoms with Crippen LogP contribution >= 0.6 is 0 Å². The normalized spacial score (nSPS) is 10.1. The first-order valence-corrected chi connectivity index (χ1v) is 6.61. The summed E-state index contributed by atoms with van der Waals surface area (Å²) in [4.78, 5) is 11.7. The van der Waals surface area contributed by atoms with E-state index < -0.39 is 0 Å². The standard InChI is InChI=1S/C14H23N3O/c1-3-5-10-16-14(18)17-13-9-7-6-8-12(13)11-15-4-2/h6-9,15H,3-5,10-11H2,1-2H3,(H2,16,17,18). The minimum atomic E-state index is -0.132. The SMILES string of the molecule is CCCCNC(=O)Nc1ccccc1CNCC. The minimum absolute atomic E-state index is 0.132. The topological polar surface area (TPSA) is 53.2 Å². The molecule has 0 aliphatic heterocycles. The monoisotopic (exact) mass is 249 g/mol. The summed E-state index contributed by atoms with van der Waals surface area (Å²) in [7, 11) is 0. The Morgan fingerprint density at radius 2 is 2.00 bits per heavy atom. The fourth-order valence-corrected chi connectivity index (χ4v) is 1.60. The molecule has 0 radical (unpaired) electrons. The molecular formula is C14H23N3O. The van der Waals surface area contributed by atoms with Crippen molar-refractivity contribution >= 4 is 11.7 Å². The molecule has 0 aliphatic carbocycles. The molecule has 4 nitrogen and oxygen atoms in total. The molecule has 0 saturated heterocycles. The van der Waals surface area contributed by atoms with Gasteiger partial charge in [-0.25, -0.2) is 4.79 Å². The van der Waals surface area contributed by atoms with Crippen molar-refractivity contribution in [2.24, 2.45) is 0 Å². The van der Waals surface area contributed by atoms with Gasteiger partial charge in [0.15, 0.2) is 0 Å². The highest BCUT2D eigenvalue weighted by molar-refractivity contribution is 5.90. The molecular weight excluding hydrogens is 226 g/mol. The lowest BCUT2D eigenvalue weighted by molar-refractivity contribution is 0.252. The van der Waals surface area contributed by atoms with Gasteiger partial charge in [-0.2, -0.15) is 0 Å². The van der Waals surface area contributed by atoms with E-state index >= 15 is 0 Å². The molecule has 2 amide bonds. The van der Waals surface area contributed by atoms with E-state index in [1.165, 1.54) is 0 Å². The van der Waals surface area contributed by atoms with Gasteiger partial charge in [-0.1, -0.05) is 38.5 Å². The number of carbonyl (C=O) groups is 1. The van der Waals surface area contributed by atoms with Gasteiger partial charge in [0, 0.05) is 18.8 Å². The summed E-state index contributed by atoms with van der Waals surface area (Å²) in [5, 5.41) is 8.99. The van der Waals surface area contributed by atoms with Crippen LogP contribution in [0.5, 0.6) is 0 Å². The number of para-hydroxylation sites is 1. The van der Waals surface area contributed by atoms with Gasteiger partial charge in [-0.3, -0.25) is 0 Å². The largest absolute Gasteiger partial charge is 0.338 e. The third kappa shape index (κ3) is 5.19. The number of hydrogen-bond acceptors (Lipinski definition) is 2. The molecule has 3 N–H and O–H groups in total. The number of nitrogens with one attached hydrogen (secondary N) is 3. The molecule has 4 heteroatoms. The number of amides is 2. The number of unbranched alkanes of at least 4 members (excludes halogenated alkanes) is 1. The van der Waals surface area contributed by atoms with Crippen molar-refractivity contribution in [1.29, 1.82) is 0 Å². The van der Waals surface area contributed by atoms with E-state index in [4.69, 9.17) is 0 Å². The fraction of sp³-hybridized carbons (Fsp3) is 0.500. The summed E-state index contributed by atoms with van der Waals surface area (Å²) in [5.74, 6) is 0. The number of anilines is 1. The predicted octanol–water partition coefficient (Wildman–Crippen LogP) is 2.72. The second-order valence-corrected chi connectivity index (χ2v) is 4.17. The van der Waals surface area contributed by atoms with E-state index in [9.17, 15) is 4.79 Å².